The van der Waals surface area contributed by atoms with Gasteiger partial charge in [-0.1, -0.05) is 60.0 Å². The minimum atomic E-state index is -4.11. The maximum atomic E-state index is 13.5. The summed E-state index contributed by atoms with van der Waals surface area (Å²) in [5.74, 6) is -1.78. The predicted molar refractivity (Wildman–Crippen MR) is 149 cm³/mol. The number of aromatic nitrogens is 1. The van der Waals surface area contributed by atoms with Crippen molar-refractivity contribution in [3.05, 3.63) is 88.0 Å². The fourth-order valence-electron chi connectivity index (χ4n) is 3.99. The van der Waals surface area contributed by atoms with Crippen LogP contribution in [0.15, 0.2) is 71.8 Å². The number of phenols is 1. The molecular weight excluding hydrogens is 549 g/mol. The summed E-state index contributed by atoms with van der Waals surface area (Å²) in [4.78, 5) is 30.0. The molecule has 3 N–H and O–H groups in total. The van der Waals surface area contributed by atoms with E-state index in [1.54, 1.807) is 56.3 Å². The van der Waals surface area contributed by atoms with E-state index in [2.05, 4.69) is 15.6 Å². The Labute approximate surface area is 229 Å². The number of sulfone groups is 1. The van der Waals surface area contributed by atoms with Gasteiger partial charge < -0.3 is 15.7 Å². The van der Waals surface area contributed by atoms with Crippen molar-refractivity contribution >= 4 is 67.1 Å². The maximum Gasteiger partial charge on any atom is 0.257 e. The number of amides is 2. The maximum absolute atomic E-state index is 13.5. The van der Waals surface area contributed by atoms with E-state index in [4.69, 9.17) is 23.2 Å². The second-order valence-electron chi connectivity index (χ2n) is 8.54. The highest BCUT2D eigenvalue weighted by Gasteiger charge is 2.34. The van der Waals surface area contributed by atoms with Crippen LogP contribution < -0.4 is 10.6 Å². The van der Waals surface area contributed by atoms with E-state index in [1.165, 1.54) is 18.3 Å². The summed E-state index contributed by atoms with van der Waals surface area (Å²) in [6, 6.07) is 15.4. The largest absolute Gasteiger partial charge is 0.506 e. The number of fused-ring (bicyclic) bond motifs is 1. The third-order valence-corrected chi connectivity index (χ3v) is 8.82. The van der Waals surface area contributed by atoms with Crippen molar-refractivity contribution in [3.8, 4) is 5.75 Å². The first-order chi connectivity index (χ1) is 18.0. The average Bonchev–Trinajstić information content (AvgIpc) is 2.88. The zero-order valence-electron chi connectivity index (χ0n) is 20.3. The Balaban J connectivity index is 1.59. The molecule has 196 valence electrons. The fourth-order valence-corrected chi connectivity index (χ4v) is 6.22. The molecule has 0 bridgehead atoms. The molecule has 4 rings (SSSR count). The molecule has 2 amide bonds. The normalized spacial score (nSPS) is 12.2. The molecule has 0 aliphatic carbocycles. The van der Waals surface area contributed by atoms with Crippen LogP contribution >= 0.6 is 23.2 Å². The average molecular weight is 572 g/mol. The molecule has 1 heterocycles. The van der Waals surface area contributed by atoms with Gasteiger partial charge >= 0.3 is 0 Å². The summed E-state index contributed by atoms with van der Waals surface area (Å²) in [6.45, 7) is 3.39. The van der Waals surface area contributed by atoms with Crippen molar-refractivity contribution < 1.29 is 23.1 Å². The summed E-state index contributed by atoms with van der Waals surface area (Å²) >= 11 is 12.4. The first-order valence-electron chi connectivity index (χ1n) is 11.5. The van der Waals surface area contributed by atoms with Crippen LogP contribution in [0.5, 0.6) is 5.75 Å². The van der Waals surface area contributed by atoms with Crippen molar-refractivity contribution in [1.29, 1.82) is 0 Å². The standard InChI is InChI=1S/C27H23Cl2N3O5S/c1-3-24(38(36,37)25-10-11-30-20-7-5-4-6-16(20)25)27(35)31-21-14-23(33)22(13-19(21)29)32-26(34)17-12-15(2)8-9-18(17)28/h4-14,24,33H,3H2,1-2H3,(H,31,35)(H,32,34). The Morgan fingerprint density at radius 1 is 0.974 bits per heavy atom. The topological polar surface area (TPSA) is 125 Å². The van der Waals surface area contributed by atoms with Gasteiger partial charge in [-0.2, -0.15) is 0 Å². The molecule has 11 heteroatoms. The summed E-state index contributed by atoms with van der Waals surface area (Å²) in [5.41, 5.74) is 1.48. The molecular formula is C27H23Cl2N3O5S. The molecule has 0 radical (unpaired) electrons. The van der Waals surface area contributed by atoms with E-state index in [0.717, 1.165) is 11.6 Å². The summed E-state index contributed by atoms with van der Waals surface area (Å²) in [6.07, 6.45) is 1.37. The molecule has 1 unspecified atom stereocenters. The first kappa shape index (κ1) is 27.4. The van der Waals surface area contributed by atoms with E-state index >= 15 is 0 Å². The van der Waals surface area contributed by atoms with Gasteiger partial charge in [-0.3, -0.25) is 14.6 Å². The third-order valence-electron chi connectivity index (χ3n) is 5.91. The van der Waals surface area contributed by atoms with E-state index < -0.39 is 32.7 Å². The molecule has 3 aromatic carbocycles. The lowest BCUT2D eigenvalue weighted by Gasteiger charge is -2.18. The lowest BCUT2D eigenvalue weighted by atomic mass is 10.1. The van der Waals surface area contributed by atoms with Crippen molar-refractivity contribution in [2.24, 2.45) is 0 Å². The van der Waals surface area contributed by atoms with Crippen LogP contribution in [-0.2, 0) is 14.6 Å². The molecule has 0 aliphatic rings. The van der Waals surface area contributed by atoms with Gasteiger partial charge in [0.1, 0.15) is 11.0 Å². The Morgan fingerprint density at radius 3 is 2.45 bits per heavy atom. The molecule has 0 aliphatic heterocycles. The van der Waals surface area contributed by atoms with Crippen LogP contribution in [0, 0.1) is 6.92 Å². The zero-order chi connectivity index (χ0) is 27.6. The summed E-state index contributed by atoms with van der Waals surface area (Å²) in [5, 5.41) is 14.7. The second-order valence-corrected chi connectivity index (χ2v) is 11.5. The van der Waals surface area contributed by atoms with Crippen molar-refractivity contribution in [2.75, 3.05) is 10.6 Å². The smallest absolute Gasteiger partial charge is 0.257 e. The molecule has 4 aromatic rings. The number of aromatic hydroxyl groups is 1. The molecule has 38 heavy (non-hydrogen) atoms. The van der Waals surface area contributed by atoms with Crippen LogP contribution in [0.25, 0.3) is 10.9 Å². The van der Waals surface area contributed by atoms with Crippen molar-refractivity contribution in [3.63, 3.8) is 0 Å². The number of carbonyl (C=O) groups excluding carboxylic acids is 2. The van der Waals surface area contributed by atoms with E-state index in [9.17, 15) is 23.1 Å². The number of carbonyl (C=O) groups is 2. The number of benzene rings is 3. The number of pyridine rings is 1. The Hall–Kier alpha value is -3.66. The zero-order valence-corrected chi connectivity index (χ0v) is 22.7. The van der Waals surface area contributed by atoms with E-state index in [0.29, 0.717) is 10.9 Å². The molecule has 0 saturated heterocycles. The summed E-state index contributed by atoms with van der Waals surface area (Å²) < 4.78 is 27.0. The molecule has 1 aromatic heterocycles. The Morgan fingerprint density at radius 2 is 1.71 bits per heavy atom. The molecule has 0 fully saturated rings. The highest BCUT2D eigenvalue weighted by molar-refractivity contribution is 7.93. The first-order valence-corrected chi connectivity index (χ1v) is 13.8. The number of nitrogens with one attached hydrogen (secondary N) is 2. The molecule has 1 atom stereocenters. The Bertz CT molecular complexity index is 1670. The van der Waals surface area contributed by atoms with Gasteiger partial charge in [0, 0.05) is 17.6 Å². The lowest BCUT2D eigenvalue weighted by Crippen LogP contribution is -2.35. The lowest BCUT2D eigenvalue weighted by molar-refractivity contribution is -0.115. The quantitative estimate of drug-likeness (QED) is 0.233. The fraction of sp³-hybridized carbons (Fsp3) is 0.148. The number of rotatable bonds is 7. The SMILES string of the molecule is CCC(C(=O)Nc1cc(O)c(NC(=O)c2cc(C)ccc2Cl)cc1Cl)S(=O)(=O)c1ccnc2ccccc12. The van der Waals surface area contributed by atoms with Gasteiger partial charge in [-0.25, -0.2) is 8.42 Å². The summed E-state index contributed by atoms with van der Waals surface area (Å²) in [7, 11) is -4.11. The van der Waals surface area contributed by atoms with Gasteiger partial charge in [-0.15, -0.1) is 0 Å². The van der Waals surface area contributed by atoms with Gasteiger partial charge in [-0.05, 0) is 43.7 Å². The van der Waals surface area contributed by atoms with Crippen molar-refractivity contribution in [2.45, 2.75) is 30.4 Å². The highest BCUT2D eigenvalue weighted by atomic mass is 35.5. The minimum Gasteiger partial charge on any atom is -0.506 e. The highest BCUT2D eigenvalue weighted by Crippen LogP contribution is 2.35. The number of nitrogens with zero attached hydrogens (tertiary/aromatic N) is 1. The monoisotopic (exact) mass is 571 g/mol. The molecule has 0 spiro atoms. The second kappa shape index (κ2) is 11.0. The number of hydrogen-bond acceptors (Lipinski definition) is 6. The molecule has 8 nitrogen and oxygen atoms in total. The van der Waals surface area contributed by atoms with E-state index in [-0.39, 0.29) is 38.3 Å². The van der Waals surface area contributed by atoms with Crippen LogP contribution in [-0.4, -0.2) is 35.6 Å². The minimum absolute atomic E-state index is 0.00749. The van der Waals surface area contributed by atoms with Gasteiger partial charge in [0.05, 0.1) is 37.4 Å². The van der Waals surface area contributed by atoms with Crippen LogP contribution in [0.2, 0.25) is 10.0 Å². The van der Waals surface area contributed by atoms with Crippen LogP contribution in [0.1, 0.15) is 29.3 Å². The number of aryl methyl sites for hydroxylation is 1. The number of phenolic OH excluding ortho intramolecular Hbond substituents is 1. The number of hydrogen-bond donors (Lipinski definition) is 3. The Kier molecular flexibility index (Phi) is 7.91. The number of halogens is 2. The van der Waals surface area contributed by atoms with Gasteiger partial charge in [0.25, 0.3) is 5.91 Å². The van der Waals surface area contributed by atoms with Crippen LogP contribution in [0.3, 0.4) is 0 Å². The third kappa shape index (κ3) is 5.45. The van der Waals surface area contributed by atoms with Gasteiger partial charge in [0.2, 0.25) is 5.91 Å². The van der Waals surface area contributed by atoms with Gasteiger partial charge in [0.15, 0.2) is 9.84 Å². The number of para-hydroxylation sites is 1. The molecule has 0 saturated carbocycles. The van der Waals surface area contributed by atoms with E-state index in [1.807, 2.05) is 0 Å². The van der Waals surface area contributed by atoms with Crippen molar-refractivity contribution in [1.82, 2.24) is 4.98 Å². The predicted octanol–water partition coefficient (Wildman–Crippen LogP) is 6.00. The van der Waals surface area contributed by atoms with Crippen LogP contribution in [0.4, 0.5) is 11.4 Å². The number of anilines is 2.